The lowest BCUT2D eigenvalue weighted by Crippen LogP contribution is -2.26. The number of rotatable bonds is 7. The molecule has 1 atom stereocenters. The molecule has 0 aromatic heterocycles. The van der Waals surface area contributed by atoms with Crippen molar-refractivity contribution in [1.29, 1.82) is 0 Å². The highest BCUT2D eigenvalue weighted by Crippen LogP contribution is 2.12. The summed E-state index contributed by atoms with van der Waals surface area (Å²) in [5.41, 5.74) is 3.35. The molecule has 21 heavy (non-hydrogen) atoms. The lowest BCUT2D eigenvalue weighted by molar-refractivity contribution is -0.137. The van der Waals surface area contributed by atoms with Gasteiger partial charge in [-0.25, -0.2) is 0 Å². The van der Waals surface area contributed by atoms with Crippen LogP contribution < -0.4 is 5.32 Å². The zero-order valence-electron chi connectivity index (χ0n) is 12.8. The molecule has 2 N–H and O–H groups in total. The molecular formula is C17H23NO3. The predicted octanol–water partition coefficient (Wildman–Crippen LogP) is 2.93. The molecule has 0 spiro atoms. The number of carboxylic acid groups (broad SMARTS) is 1. The molecule has 1 aromatic carbocycles. The Labute approximate surface area is 125 Å². The Balaban J connectivity index is 2.42. The monoisotopic (exact) mass is 289 g/mol. The van der Waals surface area contributed by atoms with Crippen LogP contribution in [0, 0.1) is 19.8 Å². The van der Waals surface area contributed by atoms with E-state index in [1.165, 1.54) is 11.6 Å². The molecule has 114 valence electrons. The highest BCUT2D eigenvalue weighted by molar-refractivity contribution is 5.91. The van der Waals surface area contributed by atoms with Crippen LogP contribution in [0.5, 0.6) is 0 Å². The standard InChI is InChI=1S/C17H23NO3/c1-12-4-6-15(14(3)10-12)7-8-16(19)18-11-13(2)5-9-17(20)21/h4,6-8,10,13H,5,9,11H2,1-3H3,(H,18,19)(H,20,21)/b8-7+. The SMILES string of the molecule is Cc1ccc(/C=C/C(=O)NCC(C)CCC(=O)O)c(C)c1. The van der Waals surface area contributed by atoms with Gasteiger partial charge in [-0.2, -0.15) is 0 Å². The van der Waals surface area contributed by atoms with Crippen LogP contribution in [0.2, 0.25) is 0 Å². The Kier molecular flexibility index (Phi) is 6.66. The predicted molar refractivity (Wildman–Crippen MR) is 84.0 cm³/mol. The first-order valence-electron chi connectivity index (χ1n) is 7.13. The van der Waals surface area contributed by atoms with E-state index in [0.717, 1.165) is 11.1 Å². The Morgan fingerprint density at radius 1 is 1.33 bits per heavy atom. The number of amides is 1. The number of carboxylic acids is 1. The second-order valence-electron chi connectivity index (χ2n) is 5.48. The van der Waals surface area contributed by atoms with Gasteiger partial charge in [-0.3, -0.25) is 9.59 Å². The maximum Gasteiger partial charge on any atom is 0.303 e. The molecule has 0 saturated heterocycles. The van der Waals surface area contributed by atoms with Crippen molar-refractivity contribution in [3.05, 3.63) is 41.0 Å². The number of hydrogen-bond acceptors (Lipinski definition) is 2. The number of aryl methyl sites for hydroxylation is 2. The molecule has 0 aliphatic rings. The van der Waals surface area contributed by atoms with E-state index in [9.17, 15) is 9.59 Å². The normalized spacial score (nSPS) is 12.3. The van der Waals surface area contributed by atoms with Gasteiger partial charge in [0, 0.05) is 19.0 Å². The third-order valence-electron chi connectivity index (χ3n) is 3.32. The summed E-state index contributed by atoms with van der Waals surface area (Å²) >= 11 is 0. The van der Waals surface area contributed by atoms with Gasteiger partial charge in [0.1, 0.15) is 0 Å². The molecule has 4 heteroatoms. The van der Waals surface area contributed by atoms with Gasteiger partial charge >= 0.3 is 5.97 Å². The minimum atomic E-state index is -0.803. The summed E-state index contributed by atoms with van der Waals surface area (Å²) in [6.07, 6.45) is 4.01. The van der Waals surface area contributed by atoms with Crippen LogP contribution in [-0.4, -0.2) is 23.5 Å². The van der Waals surface area contributed by atoms with Gasteiger partial charge in [-0.15, -0.1) is 0 Å². The molecule has 1 rings (SSSR count). The summed E-state index contributed by atoms with van der Waals surface area (Å²) in [6, 6.07) is 6.08. The summed E-state index contributed by atoms with van der Waals surface area (Å²) in [5, 5.41) is 11.4. The zero-order valence-corrected chi connectivity index (χ0v) is 12.8. The second-order valence-corrected chi connectivity index (χ2v) is 5.48. The number of benzene rings is 1. The number of nitrogens with one attached hydrogen (secondary N) is 1. The fraction of sp³-hybridized carbons (Fsp3) is 0.412. The third kappa shape index (κ3) is 6.75. The Morgan fingerprint density at radius 3 is 2.67 bits per heavy atom. The molecule has 0 aliphatic heterocycles. The number of aliphatic carboxylic acids is 1. The lowest BCUT2D eigenvalue weighted by atomic mass is 10.1. The van der Waals surface area contributed by atoms with Crippen LogP contribution >= 0.6 is 0 Å². The van der Waals surface area contributed by atoms with Crippen molar-refractivity contribution in [2.75, 3.05) is 6.54 Å². The van der Waals surface area contributed by atoms with Gasteiger partial charge in [-0.05, 0) is 43.4 Å². The van der Waals surface area contributed by atoms with Crippen molar-refractivity contribution in [2.45, 2.75) is 33.6 Å². The van der Waals surface area contributed by atoms with Crippen LogP contribution in [0.1, 0.15) is 36.5 Å². The summed E-state index contributed by atoms with van der Waals surface area (Å²) < 4.78 is 0. The number of carbonyl (C=O) groups excluding carboxylic acids is 1. The van der Waals surface area contributed by atoms with E-state index in [4.69, 9.17) is 5.11 Å². The molecule has 1 aromatic rings. The topological polar surface area (TPSA) is 66.4 Å². The van der Waals surface area contributed by atoms with Gasteiger partial charge in [0.25, 0.3) is 0 Å². The smallest absolute Gasteiger partial charge is 0.303 e. The fourth-order valence-corrected chi connectivity index (χ4v) is 1.98. The first-order valence-corrected chi connectivity index (χ1v) is 7.13. The Bertz CT molecular complexity index is 535. The van der Waals surface area contributed by atoms with E-state index in [0.29, 0.717) is 13.0 Å². The molecule has 1 amide bonds. The average Bonchev–Trinajstić information content (AvgIpc) is 2.41. The molecule has 0 heterocycles. The minimum absolute atomic E-state index is 0.134. The van der Waals surface area contributed by atoms with Crippen molar-refractivity contribution in [2.24, 2.45) is 5.92 Å². The van der Waals surface area contributed by atoms with Crippen molar-refractivity contribution in [3.63, 3.8) is 0 Å². The summed E-state index contributed by atoms with van der Waals surface area (Å²) in [4.78, 5) is 22.2. The number of hydrogen-bond donors (Lipinski definition) is 2. The Morgan fingerprint density at radius 2 is 2.05 bits per heavy atom. The van der Waals surface area contributed by atoms with E-state index < -0.39 is 5.97 Å². The van der Waals surface area contributed by atoms with E-state index in [1.54, 1.807) is 6.08 Å². The fourth-order valence-electron chi connectivity index (χ4n) is 1.98. The van der Waals surface area contributed by atoms with Crippen LogP contribution in [0.15, 0.2) is 24.3 Å². The molecule has 0 fully saturated rings. The summed E-state index contributed by atoms with van der Waals surface area (Å²) in [6.45, 7) is 6.46. The second kappa shape index (κ2) is 8.25. The quantitative estimate of drug-likeness (QED) is 0.758. The molecule has 0 bridgehead atoms. The highest BCUT2D eigenvalue weighted by atomic mass is 16.4. The van der Waals surface area contributed by atoms with E-state index in [2.05, 4.69) is 11.4 Å². The van der Waals surface area contributed by atoms with Gasteiger partial charge in [0.2, 0.25) is 5.91 Å². The van der Waals surface area contributed by atoms with Crippen LogP contribution in [0.25, 0.3) is 6.08 Å². The summed E-state index contributed by atoms with van der Waals surface area (Å²) in [5.74, 6) is -0.806. The van der Waals surface area contributed by atoms with Gasteiger partial charge in [0.15, 0.2) is 0 Å². The Hall–Kier alpha value is -2.10. The van der Waals surface area contributed by atoms with Crippen LogP contribution in [0.3, 0.4) is 0 Å². The molecule has 0 radical (unpaired) electrons. The minimum Gasteiger partial charge on any atom is -0.481 e. The van der Waals surface area contributed by atoms with Crippen molar-refractivity contribution in [1.82, 2.24) is 5.32 Å². The molecule has 1 unspecified atom stereocenters. The van der Waals surface area contributed by atoms with Crippen molar-refractivity contribution >= 4 is 18.0 Å². The van der Waals surface area contributed by atoms with E-state index in [1.807, 2.05) is 32.9 Å². The number of carbonyl (C=O) groups is 2. The highest BCUT2D eigenvalue weighted by Gasteiger charge is 2.06. The van der Waals surface area contributed by atoms with Gasteiger partial charge < -0.3 is 10.4 Å². The van der Waals surface area contributed by atoms with Crippen molar-refractivity contribution in [3.8, 4) is 0 Å². The zero-order chi connectivity index (χ0) is 15.8. The molecule has 0 aliphatic carbocycles. The maximum atomic E-state index is 11.7. The lowest BCUT2D eigenvalue weighted by Gasteiger charge is -2.10. The third-order valence-corrected chi connectivity index (χ3v) is 3.32. The van der Waals surface area contributed by atoms with Gasteiger partial charge in [0.05, 0.1) is 0 Å². The largest absolute Gasteiger partial charge is 0.481 e. The van der Waals surface area contributed by atoms with Gasteiger partial charge in [-0.1, -0.05) is 30.7 Å². The van der Waals surface area contributed by atoms with Crippen LogP contribution in [0.4, 0.5) is 0 Å². The van der Waals surface area contributed by atoms with Crippen molar-refractivity contribution < 1.29 is 14.7 Å². The summed E-state index contributed by atoms with van der Waals surface area (Å²) in [7, 11) is 0. The maximum absolute atomic E-state index is 11.7. The molecular weight excluding hydrogens is 266 g/mol. The first kappa shape index (κ1) is 17.0. The molecule has 4 nitrogen and oxygen atoms in total. The molecule has 0 saturated carbocycles. The average molecular weight is 289 g/mol. The van der Waals surface area contributed by atoms with E-state index in [-0.39, 0.29) is 18.2 Å². The van der Waals surface area contributed by atoms with Crippen LogP contribution in [-0.2, 0) is 9.59 Å². The first-order chi connectivity index (χ1) is 9.88. The van der Waals surface area contributed by atoms with E-state index >= 15 is 0 Å².